The van der Waals surface area contributed by atoms with Gasteiger partial charge in [0.05, 0.1) is 20.8 Å². The Morgan fingerprint density at radius 3 is 2.68 bits per heavy atom. The first-order valence-electron chi connectivity index (χ1n) is 5.64. The molecular weight excluding hydrogens is 248 g/mol. The van der Waals surface area contributed by atoms with E-state index in [-0.39, 0.29) is 6.54 Å². The number of H-pyrrole nitrogens is 1. The first-order chi connectivity index (χ1) is 9.15. The minimum absolute atomic E-state index is 0.260. The van der Waals surface area contributed by atoms with Crippen LogP contribution < -0.4 is 20.6 Å². The molecule has 19 heavy (non-hydrogen) atoms. The van der Waals surface area contributed by atoms with E-state index in [0.717, 1.165) is 5.56 Å². The molecule has 100 valence electrons. The molecule has 6 heteroatoms. The van der Waals surface area contributed by atoms with Gasteiger partial charge in [-0.3, -0.25) is 9.59 Å². The SMILES string of the molecule is COc1ccc(Cn2cc[nH]c(=O)c2=O)c(OC)c1. The van der Waals surface area contributed by atoms with Gasteiger partial charge in [-0.1, -0.05) is 0 Å². The molecule has 1 heterocycles. The molecule has 0 aliphatic carbocycles. The van der Waals surface area contributed by atoms with Gasteiger partial charge in [-0.15, -0.1) is 0 Å². The van der Waals surface area contributed by atoms with E-state index < -0.39 is 11.1 Å². The Morgan fingerprint density at radius 2 is 2.00 bits per heavy atom. The Bertz CT molecular complexity index is 688. The third-order valence-electron chi connectivity index (χ3n) is 2.76. The minimum Gasteiger partial charge on any atom is -0.497 e. The Balaban J connectivity index is 2.41. The zero-order valence-corrected chi connectivity index (χ0v) is 10.7. The van der Waals surface area contributed by atoms with Gasteiger partial charge in [-0.25, -0.2) is 0 Å². The summed E-state index contributed by atoms with van der Waals surface area (Å²) in [7, 11) is 3.11. The van der Waals surface area contributed by atoms with Gasteiger partial charge >= 0.3 is 11.1 Å². The van der Waals surface area contributed by atoms with E-state index in [0.29, 0.717) is 11.5 Å². The second-order valence-corrected chi connectivity index (χ2v) is 3.90. The van der Waals surface area contributed by atoms with Crippen LogP contribution in [0.15, 0.2) is 40.2 Å². The van der Waals surface area contributed by atoms with Crippen LogP contribution in [-0.4, -0.2) is 23.8 Å². The number of nitrogens with zero attached hydrogens (tertiary/aromatic N) is 1. The van der Waals surface area contributed by atoms with Crippen molar-refractivity contribution in [3.8, 4) is 11.5 Å². The lowest BCUT2D eigenvalue weighted by atomic mass is 10.2. The molecule has 0 fully saturated rings. The van der Waals surface area contributed by atoms with E-state index in [4.69, 9.17) is 9.47 Å². The second-order valence-electron chi connectivity index (χ2n) is 3.90. The second kappa shape index (κ2) is 5.43. The van der Waals surface area contributed by atoms with Gasteiger partial charge in [0.2, 0.25) is 0 Å². The molecule has 2 aromatic rings. The summed E-state index contributed by atoms with van der Waals surface area (Å²) < 4.78 is 11.7. The smallest absolute Gasteiger partial charge is 0.316 e. The Hall–Kier alpha value is -2.50. The molecule has 6 nitrogen and oxygen atoms in total. The summed E-state index contributed by atoms with van der Waals surface area (Å²) in [6.45, 7) is 0.260. The normalized spacial score (nSPS) is 10.2. The first-order valence-corrected chi connectivity index (χ1v) is 5.64. The number of aromatic nitrogens is 2. The highest BCUT2D eigenvalue weighted by atomic mass is 16.5. The van der Waals surface area contributed by atoms with Crippen LogP contribution in [0.1, 0.15) is 5.56 Å². The molecule has 0 aliphatic heterocycles. The Kier molecular flexibility index (Phi) is 3.70. The summed E-state index contributed by atoms with van der Waals surface area (Å²) in [4.78, 5) is 25.2. The molecule has 0 unspecified atom stereocenters. The largest absolute Gasteiger partial charge is 0.497 e. The number of methoxy groups -OCH3 is 2. The number of hydrogen-bond donors (Lipinski definition) is 1. The van der Waals surface area contributed by atoms with Crippen molar-refractivity contribution in [1.82, 2.24) is 9.55 Å². The highest BCUT2D eigenvalue weighted by Gasteiger charge is 2.07. The van der Waals surface area contributed by atoms with E-state index in [1.54, 1.807) is 32.4 Å². The van der Waals surface area contributed by atoms with Crippen LogP contribution in [-0.2, 0) is 6.54 Å². The fourth-order valence-electron chi connectivity index (χ4n) is 1.75. The monoisotopic (exact) mass is 262 g/mol. The Labute approximate surface area is 109 Å². The molecule has 1 aromatic heterocycles. The van der Waals surface area contributed by atoms with Gasteiger partial charge in [-0.05, 0) is 12.1 Å². The van der Waals surface area contributed by atoms with Crippen LogP contribution in [0.2, 0.25) is 0 Å². The van der Waals surface area contributed by atoms with Crippen molar-refractivity contribution in [2.75, 3.05) is 14.2 Å². The lowest BCUT2D eigenvalue weighted by Crippen LogP contribution is -2.35. The van der Waals surface area contributed by atoms with Crippen molar-refractivity contribution in [3.63, 3.8) is 0 Å². The molecule has 0 atom stereocenters. The van der Waals surface area contributed by atoms with Crippen LogP contribution in [0.25, 0.3) is 0 Å². The zero-order chi connectivity index (χ0) is 13.8. The highest BCUT2D eigenvalue weighted by molar-refractivity contribution is 5.40. The van der Waals surface area contributed by atoms with Gasteiger partial charge in [0, 0.05) is 24.0 Å². The van der Waals surface area contributed by atoms with Crippen LogP contribution in [0.5, 0.6) is 11.5 Å². The third kappa shape index (κ3) is 2.67. The number of hydrogen-bond acceptors (Lipinski definition) is 4. The number of nitrogens with one attached hydrogen (secondary N) is 1. The number of ether oxygens (including phenoxy) is 2. The molecule has 0 saturated carbocycles. The first kappa shape index (κ1) is 12.9. The Morgan fingerprint density at radius 1 is 1.21 bits per heavy atom. The van der Waals surface area contributed by atoms with Crippen molar-refractivity contribution >= 4 is 0 Å². The molecule has 1 aromatic carbocycles. The van der Waals surface area contributed by atoms with Gasteiger partial charge in [0.25, 0.3) is 0 Å². The lowest BCUT2D eigenvalue weighted by molar-refractivity contribution is 0.390. The van der Waals surface area contributed by atoms with Crippen LogP contribution in [0, 0.1) is 0 Å². The number of benzene rings is 1. The minimum atomic E-state index is -0.644. The number of aromatic amines is 1. The summed E-state index contributed by atoms with van der Waals surface area (Å²) in [6, 6.07) is 5.30. The summed E-state index contributed by atoms with van der Waals surface area (Å²) in [5.74, 6) is 1.27. The maximum atomic E-state index is 11.6. The molecular formula is C13H14N2O4. The van der Waals surface area contributed by atoms with Gasteiger partial charge in [0.1, 0.15) is 11.5 Å². The van der Waals surface area contributed by atoms with Gasteiger partial charge in [-0.2, -0.15) is 0 Å². The average molecular weight is 262 g/mol. The fourth-order valence-corrected chi connectivity index (χ4v) is 1.75. The van der Waals surface area contributed by atoms with E-state index in [1.807, 2.05) is 0 Å². The quantitative estimate of drug-likeness (QED) is 0.819. The standard InChI is InChI=1S/C13H14N2O4/c1-18-10-4-3-9(11(7-10)19-2)8-15-6-5-14-12(16)13(15)17/h3-7H,8H2,1-2H3,(H,14,16). The van der Waals surface area contributed by atoms with E-state index >= 15 is 0 Å². The van der Waals surface area contributed by atoms with Crippen molar-refractivity contribution in [2.24, 2.45) is 0 Å². The molecule has 1 N–H and O–H groups in total. The average Bonchev–Trinajstić information content (AvgIpc) is 2.44. The molecule has 0 saturated heterocycles. The fraction of sp³-hybridized carbons (Fsp3) is 0.231. The van der Waals surface area contributed by atoms with Crippen molar-refractivity contribution in [3.05, 3.63) is 56.9 Å². The van der Waals surface area contributed by atoms with Crippen LogP contribution >= 0.6 is 0 Å². The van der Waals surface area contributed by atoms with E-state index in [2.05, 4.69) is 4.98 Å². The van der Waals surface area contributed by atoms with Crippen LogP contribution in [0.4, 0.5) is 0 Å². The molecule has 0 spiro atoms. The third-order valence-corrected chi connectivity index (χ3v) is 2.76. The topological polar surface area (TPSA) is 73.3 Å². The zero-order valence-electron chi connectivity index (χ0n) is 10.7. The van der Waals surface area contributed by atoms with Crippen molar-refractivity contribution in [1.29, 1.82) is 0 Å². The van der Waals surface area contributed by atoms with Gasteiger partial charge < -0.3 is 19.0 Å². The highest BCUT2D eigenvalue weighted by Crippen LogP contribution is 2.24. The van der Waals surface area contributed by atoms with Crippen LogP contribution in [0.3, 0.4) is 0 Å². The molecule has 0 radical (unpaired) electrons. The molecule has 0 bridgehead atoms. The maximum absolute atomic E-state index is 11.6. The van der Waals surface area contributed by atoms with Crippen molar-refractivity contribution in [2.45, 2.75) is 6.54 Å². The van der Waals surface area contributed by atoms with Crippen molar-refractivity contribution < 1.29 is 9.47 Å². The van der Waals surface area contributed by atoms with E-state index in [9.17, 15) is 9.59 Å². The molecule has 2 rings (SSSR count). The van der Waals surface area contributed by atoms with Gasteiger partial charge in [0.15, 0.2) is 0 Å². The molecule has 0 amide bonds. The lowest BCUT2D eigenvalue weighted by Gasteiger charge is -2.11. The summed E-state index contributed by atoms with van der Waals surface area (Å²) in [5.41, 5.74) is -0.452. The number of rotatable bonds is 4. The molecule has 0 aliphatic rings. The maximum Gasteiger partial charge on any atom is 0.316 e. The predicted molar refractivity (Wildman–Crippen MR) is 70.0 cm³/mol. The summed E-state index contributed by atoms with van der Waals surface area (Å²) >= 11 is 0. The predicted octanol–water partition coefficient (Wildman–Crippen LogP) is 0.602. The van der Waals surface area contributed by atoms with E-state index in [1.165, 1.54) is 17.0 Å². The summed E-state index contributed by atoms with van der Waals surface area (Å²) in [6.07, 6.45) is 2.95. The summed E-state index contributed by atoms with van der Waals surface area (Å²) in [5, 5.41) is 0.